The van der Waals surface area contributed by atoms with Crippen molar-refractivity contribution in [1.82, 2.24) is 14.4 Å². The van der Waals surface area contributed by atoms with E-state index in [1.165, 1.54) is 0 Å². The summed E-state index contributed by atoms with van der Waals surface area (Å²) in [6.07, 6.45) is 0. The van der Waals surface area contributed by atoms with E-state index in [9.17, 15) is 0 Å². The molecule has 3 aromatic heterocycles. The molecule has 4 rings (SSSR count). The Hall–Kier alpha value is -2.66. The van der Waals surface area contributed by atoms with Gasteiger partial charge in [0.1, 0.15) is 11.5 Å². The Morgan fingerprint density at radius 3 is 2.57 bits per heavy atom. The van der Waals surface area contributed by atoms with Crippen LogP contribution < -0.4 is 5.32 Å². The summed E-state index contributed by atoms with van der Waals surface area (Å²) >= 11 is 1.68. The maximum absolute atomic E-state index is 4.77. The molecule has 0 unspecified atom stereocenters. The van der Waals surface area contributed by atoms with Crippen molar-refractivity contribution in [2.24, 2.45) is 0 Å². The van der Waals surface area contributed by atoms with Crippen LogP contribution in [0, 0.1) is 13.8 Å². The molecule has 1 aromatic carbocycles. The van der Waals surface area contributed by atoms with Crippen LogP contribution in [0.15, 0.2) is 53.9 Å². The number of thiophene rings is 1. The fourth-order valence-electron chi connectivity index (χ4n) is 2.73. The van der Waals surface area contributed by atoms with E-state index in [4.69, 9.17) is 4.98 Å². The zero-order chi connectivity index (χ0) is 15.8. The Labute approximate surface area is 138 Å². The molecule has 3 heterocycles. The SMILES string of the molecule is Cc1cc(C)n2c(Nc3ccccc3)c(-c3cccs3)nc2n1. The quantitative estimate of drug-likeness (QED) is 0.588. The molecule has 0 saturated carbocycles. The maximum Gasteiger partial charge on any atom is 0.236 e. The molecule has 0 saturated heterocycles. The summed E-state index contributed by atoms with van der Waals surface area (Å²) in [6.45, 7) is 4.08. The summed E-state index contributed by atoms with van der Waals surface area (Å²) in [4.78, 5) is 10.5. The number of aryl methyl sites for hydroxylation is 2. The molecule has 23 heavy (non-hydrogen) atoms. The summed E-state index contributed by atoms with van der Waals surface area (Å²) in [7, 11) is 0. The molecule has 0 aliphatic carbocycles. The van der Waals surface area contributed by atoms with Gasteiger partial charge in [0.2, 0.25) is 5.78 Å². The van der Waals surface area contributed by atoms with Crippen molar-refractivity contribution in [2.75, 3.05) is 5.32 Å². The first-order valence-electron chi connectivity index (χ1n) is 7.45. The summed E-state index contributed by atoms with van der Waals surface area (Å²) in [5, 5.41) is 5.58. The lowest BCUT2D eigenvalue weighted by molar-refractivity contribution is 1.02. The molecular formula is C18H16N4S. The van der Waals surface area contributed by atoms with E-state index in [2.05, 4.69) is 51.3 Å². The van der Waals surface area contributed by atoms with Gasteiger partial charge in [0.25, 0.3) is 0 Å². The highest BCUT2D eigenvalue weighted by Gasteiger charge is 2.17. The highest BCUT2D eigenvalue weighted by molar-refractivity contribution is 7.13. The molecule has 0 fully saturated rings. The first-order valence-corrected chi connectivity index (χ1v) is 8.33. The molecule has 4 nitrogen and oxygen atoms in total. The predicted octanol–water partition coefficient (Wildman–Crippen LogP) is 4.82. The van der Waals surface area contributed by atoms with Gasteiger partial charge in [-0.05, 0) is 43.5 Å². The lowest BCUT2D eigenvalue weighted by Gasteiger charge is -2.10. The van der Waals surface area contributed by atoms with Gasteiger partial charge in [0.05, 0.1) is 4.88 Å². The number of hydrogen-bond acceptors (Lipinski definition) is 4. The number of rotatable bonds is 3. The van der Waals surface area contributed by atoms with E-state index < -0.39 is 0 Å². The minimum Gasteiger partial charge on any atom is -0.339 e. The van der Waals surface area contributed by atoms with Crippen molar-refractivity contribution in [3.8, 4) is 10.6 Å². The van der Waals surface area contributed by atoms with Crippen molar-refractivity contribution in [3.63, 3.8) is 0 Å². The molecule has 0 bridgehead atoms. The summed E-state index contributed by atoms with van der Waals surface area (Å²) < 4.78 is 2.08. The van der Waals surface area contributed by atoms with E-state index in [0.29, 0.717) is 0 Å². The van der Waals surface area contributed by atoms with Crippen LogP contribution in [0.4, 0.5) is 11.5 Å². The molecule has 0 radical (unpaired) electrons. The number of imidazole rings is 1. The van der Waals surface area contributed by atoms with Gasteiger partial charge in [-0.3, -0.25) is 4.40 Å². The number of nitrogens with zero attached hydrogens (tertiary/aromatic N) is 3. The zero-order valence-corrected chi connectivity index (χ0v) is 13.8. The average molecular weight is 320 g/mol. The third-order valence-corrected chi connectivity index (χ3v) is 4.57. The van der Waals surface area contributed by atoms with Gasteiger partial charge in [-0.15, -0.1) is 11.3 Å². The molecule has 5 heteroatoms. The molecule has 0 amide bonds. The van der Waals surface area contributed by atoms with Crippen molar-refractivity contribution >= 4 is 28.6 Å². The van der Waals surface area contributed by atoms with Crippen LogP contribution in [0.1, 0.15) is 11.4 Å². The second-order valence-corrected chi connectivity index (χ2v) is 6.40. The van der Waals surface area contributed by atoms with Crippen LogP contribution in [0.5, 0.6) is 0 Å². The Morgan fingerprint density at radius 1 is 1.00 bits per heavy atom. The van der Waals surface area contributed by atoms with E-state index >= 15 is 0 Å². The minimum atomic E-state index is 0.726. The maximum atomic E-state index is 4.77. The fraction of sp³-hybridized carbons (Fsp3) is 0.111. The predicted molar refractivity (Wildman–Crippen MR) is 95.5 cm³/mol. The number of benzene rings is 1. The lowest BCUT2D eigenvalue weighted by Crippen LogP contribution is -2.01. The monoisotopic (exact) mass is 320 g/mol. The zero-order valence-electron chi connectivity index (χ0n) is 12.9. The number of para-hydroxylation sites is 1. The van der Waals surface area contributed by atoms with Crippen LogP contribution >= 0.6 is 11.3 Å². The van der Waals surface area contributed by atoms with E-state index in [1.807, 2.05) is 31.2 Å². The van der Waals surface area contributed by atoms with Crippen LogP contribution in [0.3, 0.4) is 0 Å². The third kappa shape index (κ3) is 2.49. The smallest absolute Gasteiger partial charge is 0.236 e. The highest BCUT2D eigenvalue weighted by Crippen LogP contribution is 2.34. The standard InChI is InChI=1S/C18H16N4S/c1-12-11-13(2)22-17(20-14-7-4-3-5-8-14)16(21-18(22)19-12)15-9-6-10-23-15/h3-11,20H,1-2H3. The van der Waals surface area contributed by atoms with Crippen molar-refractivity contribution in [2.45, 2.75) is 13.8 Å². The number of nitrogens with one attached hydrogen (secondary N) is 1. The molecule has 4 aromatic rings. The van der Waals surface area contributed by atoms with Gasteiger partial charge in [-0.25, -0.2) is 9.97 Å². The van der Waals surface area contributed by atoms with Crippen LogP contribution in [0.2, 0.25) is 0 Å². The highest BCUT2D eigenvalue weighted by atomic mass is 32.1. The lowest BCUT2D eigenvalue weighted by atomic mass is 10.3. The van der Waals surface area contributed by atoms with Crippen molar-refractivity contribution < 1.29 is 0 Å². The topological polar surface area (TPSA) is 42.2 Å². The van der Waals surface area contributed by atoms with E-state index in [-0.39, 0.29) is 0 Å². The summed E-state index contributed by atoms with van der Waals surface area (Å²) in [5.74, 6) is 1.68. The first-order chi connectivity index (χ1) is 11.2. The molecule has 1 N–H and O–H groups in total. The molecule has 0 aliphatic heterocycles. The van der Waals surface area contributed by atoms with Gasteiger partial charge in [0, 0.05) is 17.1 Å². The third-order valence-electron chi connectivity index (χ3n) is 3.70. The largest absolute Gasteiger partial charge is 0.339 e. The summed E-state index contributed by atoms with van der Waals surface area (Å²) in [6, 6.07) is 16.4. The van der Waals surface area contributed by atoms with Crippen LogP contribution in [0.25, 0.3) is 16.3 Å². The van der Waals surface area contributed by atoms with Crippen LogP contribution in [-0.2, 0) is 0 Å². The van der Waals surface area contributed by atoms with Crippen LogP contribution in [-0.4, -0.2) is 14.4 Å². The van der Waals surface area contributed by atoms with Gasteiger partial charge < -0.3 is 5.32 Å². The number of anilines is 2. The number of aromatic nitrogens is 3. The molecule has 0 aliphatic rings. The number of fused-ring (bicyclic) bond motifs is 1. The van der Waals surface area contributed by atoms with E-state index in [1.54, 1.807) is 11.3 Å². The van der Waals surface area contributed by atoms with Gasteiger partial charge in [-0.2, -0.15) is 0 Å². The van der Waals surface area contributed by atoms with Gasteiger partial charge >= 0.3 is 0 Å². The fourth-order valence-corrected chi connectivity index (χ4v) is 3.45. The molecule has 114 valence electrons. The second kappa shape index (κ2) is 5.52. The minimum absolute atomic E-state index is 0.726. The van der Waals surface area contributed by atoms with Crippen molar-refractivity contribution in [3.05, 3.63) is 65.3 Å². The molecular weight excluding hydrogens is 304 g/mol. The number of hydrogen-bond donors (Lipinski definition) is 1. The van der Waals surface area contributed by atoms with Crippen molar-refractivity contribution in [1.29, 1.82) is 0 Å². The Kier molecular flexibility index (Phi) is 3.35. The first kappa shape index (κ1) is 14.0. The van der Waals surface area contributed by atoms with E-state index in [0.717, 1.165) is 39.2 Å². The summed E-state index contributed by atoms with van der Waals surface area (Å²) in [5.41, 5.74) is 4.06. The normalized spacial score (nSPS) is 11.0. The molecule has 0 spiro atoms. The Balaban J connectivity index is 1.97. The Morgan fingerprint density at radius 2 is 1.83 bits per heavy atom. The average Bonchev–Trinajstić information content (AvgIpc) is 3.16. The molecule has 0 atom stereocenters. The van der Waals surface area contributed by atoms with Gasteiger partial charge in [0.15, 0.2) is 0 Å². The Bertz CT molecular complexity index is 956. The second-order valence-electron chi connectivity index (χ2n) is 5.45. The van der Waals surface area contributed by atoms with Gasteiger partial charge in [-0.1, -0.05) is 24.3 Å².